The largest absolute Gasteiger partial charge is 0.465 e. The van der Waals surface area contributed by atoms with Crippen LogP contribution in [0.4, 0.5) is 0 Å². The molecule has 0 saturated heterocycles. The van der Waals surface area contributed by atoms with E-state index in [1.165, 1.54) is 7.11 Å². The molecule has 0 amide bonds. The van der Waals surface area contributed by atoms with E-state index in [-0.39, 0.29) is 24.2 Å². The van der Waals surface area contributed by atoms with E-state index in [2.05, 4.69) is 4.74 Å². The predicted molar refractivity (Wildman–Crippen MR) is 66.0 cm³/mol. The molecule has 0 aromatic heterocycles. The topological polar surface area (TPSA) is 43.4 Å². The van der Waals surface area contributed by atoms with Gasteiger partial charge in [-0.2, -0.15) is 0 Å². The normalized spacial score (nSPS) is 7.94. The lowest BCUT2D eigenvalue weighted by Gasteiger charge is -1.95. The molecule has 0 fully saturated rings. The minimum Gasteiger partial charge on any atom is -0.465 e. The molecule has 0 heterocycles. The Morgan fingerprint density at radius 2 is 1.62 bits per heavy atom. The first-order valence-corrected chi connectivity index (χ1v) is 4.74. The third kappa shape index (κ3) is 8.00. The Morgan fingerprint density at radius 3 is 1.94 bits per heavy atom. The molecule has 0 N–H and O–H groups in total. The molecular formula is C12H17ClO3. The summed E-state index contributed by atoms with van der Waals surface area (Å²) >= 11 is 0. The van der Waals surface area contributed by atoms with E-state index in [9.17, 15) is 9.59 Å². The smallest absolute Gasteiger partial charge is 0.337 e. The molecule has 90 valence electrons. The molecule has 1 aromatic carbocycles. The molecule has 0 spiro atoms. The van der Waals surface area contributed by atoms with Gasteiger partial charge in [0.15, 0.2) is 0 Å². The molecule has 0 atom stereocenters. The molecule has 0 aliphatic carbocycles. The van der Waals surface area contributed by atoms with Gasteiger partial charge in [0.25, 0.3) is 0 Å². The highest BCUT2D eigenvalue weighted by molar-refractivity contribution is 5.89. The monoisotopic (exact) mass is 244 g/mol. The zero-order valence-corrected chi connectivity index (χ0v) is 10.5. The quantitative estimate of drug-likeness (QED) is 0.752. The molecule has 1 aromatic rings. The zero-order valence-electron chi connectivity index (χ0n) is 9.73. The number of hydrogen-bond donors (Lipinski definition) is 0. The number of esters is 1. The average molecular weight is 245 g/mol. The fourth-order valence-corrected chi connectivity index (χ4v) is 0.692. The highest BCUT2D eigenvalue weighted by Gasteiger charge is 2.00. The van der Waals surface area contributed by atoms with Crippen molar-refractivity contribution in [1.82, 2.24) is 0 Å². The number of benzene rings is 1. The first kappa shape index (κ1) is 17.1. The first-order valence-electron chi connectivity index (χ1n) is 4.74. The van der Waals surface area contributed by atoms with E-state index in [0.717, 1.165) is 0 Å². The van der Waals surface area contributed by atoms with E-state index in [4.69, 9.17) is 0 Å². The minimum atomic E-state index is -0.291. The number of ether oxygens (including phenoxy) is 1. The lowest BCUT2D eigenvalue weighted by molar-refractivity contribution is -0.116. The molecule has 0 radical (unpaired) electrons. The Hall–Kier alpha value is -1.35. The van der Waals surface area contributed by atoms with Gasteiger partial charge in [-0.05, 0) is 19.1 Å². The van der Waals surface area contributed by atoms with E-state index < -0.39 is 0 Å². The van der Waals surface area contributed by atoms with Gasteiger partial charge in [0.1, 0.15) is 5.78 Å². The molecule has 0 aliphatic heterocycles. The molecular weight excluding hydrogens is 228 g/mol. The van der Waals surface area contributed by atoms with Gasteiger partial charge in [0, 0.05) is 6.42 Å². The molecule has 16 heavy (non-hydrogen) atoms. The second kappa shape index (κ2) is 10.2. The Morgan fingerprint density at radius 1 is 1.19 bits per heavy atom. The second-order valence-corrected chi connectivity index (χ2v) is 2.91. The summed E-state index contributed by atoms with van der Waals surface area (Å²) in [7, 11) is 1.37. The number of methoxy groups -OCH3 is 1. The summed E-state index contributed by atoms with van der Waals surface area (Å²) in [4.78, 5) is 20.6. The van der Waals surface area contributed by atoms with E-state index in [1.807, 2.05) is 13.0 Å². The molecule has 3 nitrogen and oxygen atoms in total. The lowest BCUT2D eigenvalue weighted by Crippen LogP contribution is -1.99. The summed E-state index contributed by atoms with van der Waals surface area (Å²) in [5, 5.41) is 0. The third-order valence-electron chi connectivity index (χ3n) is 1.69. The number of halogens is 1. The maximum Gasteiger partial charge on any atom is 0.337 e. The van der Waals surface area contributed by atoms with E-state index in [1.54, 1.807) is 31.2 Å². The van der Waals surface area contributed by atoms with E-state index >= 15 is 0 Å². The summed E-state index contributed by atoms with van der Waals surface area (Å²) in [6, 6.07) is 8.88. The van der Waals surface area contributed by atoms with Crippen molar-refractivity contribution in [3.63, 3.8) is 0 Å². The standard InChI is InChI=1S/C8H8O2.C4H8O.ClH/c1-10-8(9)7-5-3-2-4-6-7;1-3-4(2)5;/h2-6H,1H3;3H2,1-2H3;1H. The van der Waals surface area contributed by atoms with Crippen molar-refractivity contribution in [1.29, 1.82) is 0 Å². The van der Waals surface area contributed by atoms with Crippen LogP contribution in [0.25, 0.3) is 0 Å². The highest BCUT2D eigenvalue weighted by Crippen LogP contribution is 1.98. The van der Waals surface area contributed by atoms with Crippen LogP contribution in [0, 0.1) is 0 Å². The predicted octanol–water partition coefficient (Wildman–Crippen LogP) is 2.88. The van der Waals surface area contributed by atoms with Crippen LogP contribution in [0.1, 0.15) is 30.6 Å². The number of ketones is 1. The lowest BCUT2D eigenvalue weighted by atomic mass is 10.2. The van der Waals surface area contributed by atoms with Gasteiger partial charge >= 0.3 is 5.97 Å². The van der Waals surface area contributed by atoms with Gasteiger partial charge < -0.3 is 9.53 Å². The van der Waals surface area contributed by atoms with Gasteiger partial charge in [-0.3, -0.25) is 0 Å². The number of rotatable bonds is 2. The second-order valence-electron chi connectivity index (χ2n) is 2.91. The van der Waals surface area contributed by atoms with Crippen molar-refractivity contribution in [3.05, 3.63) is 35.9 Å². The first-order chi connectivity index (χ1) is 7.11. The molecule has 4 heteroatoms. The highest BCUT2D eigenvalue weighted by atomic mass is 35.5. The molecule has 0 saturated carbocycles. The van der Waals surface area contributed by atoms with Gasteiger partial charge in [-0.15, -0.1) is 12.4 Å². The van der Waals surface area contributed by atoms with Crippen molar-refractivity contribution in [3.8, 4) is 0 Å². The average Bonchev–Trinajstić information content (AvgIpc) is 2.30. The SMILES string of the molecule is CCC(C)=O.COC(=O)c1ccccc1.Cl. The van der Waals surface area contributed by atoms with Crippen LogP contribution in [-0.2, 0) is 9.53 Å². The van der Waals surface area contributed by atoms with E-state index in [0.29, 0.717) is 12.0 Å². The van der Waals surface area contributed by atoms with Crippen molar-refractivity contribution in [2.45, 2.75) is 20.3 Å². The van der Waals surface area contributed by atoms with Crippen molar-refractivity contribution in [2.24, 2.45) is 0 Å². The van der Waals surface area contributed by atoms with Crippen molar-refractivity contribution >= 4 is 24.2 Å². The molecule has 0 unspecified atom stereocenters. The number of Topliss-reactive ketones (excluding diaryl/α,β-unsaturated/α-hetero) is 1. The van der Waals surface area contributed by atoms with Crippen molar-refractivity contribution in [2.75, 3.05) is 7.11 Å². The van der Waals surface area contributed by atoms with Gasteiger partial charge in [0.05, 0.1) is 12.7 Å². The van der Waals surface area contributed by atoms with Crippen molar-refractivity contribution < 1.29 is 14.3 Å². The summed E-state index contributed by atoms with van der Waals surface area (Å²) in [6.07, 6.45) is 0.667. The van der Waals surface area contributed by atoms with Gasteiger partial charge in [0.2, 0.25) is 0 Å². The van der Waals surface area contributed by atoms with Crippen LogP contribution in [0.2, 0.25) is 0 Å². The maximum atomic E-state index is 10.8. The maximum absolute atomic E-state index is 10.8. The fraction of sp³-hybridized carbons (Fsp3) is 0.333. The Kier molecular flexibility index (Phi) is 10.9. The van der Waals surface area contributed by atoms with Crippen LogP contribution < -0.4 is 0 Å². The van der Waals surface area contributed by atoms with Crippen LogP contribution >= 0.6 is 12.4 Å². The van der Waals surface area contributed by atoms with Gasteiger partial charge in [-0.25, -0.2) is 4.79 Å². The number of carbonyl (C=O) groups is 2. The van der Waals surface area contributed by atoms with Crippen LogP contribution in [0.3, 0.4) is 0 Å². The molecule has 0 aliphatic rings. The summed E-state index contributed by atoms with van der Waals surface area (Å²) in [6.45, 7) is 3.43. The molecule has 1 rings (SSSR count). The minimum absolute atomic E-state index is 0. The Bertz CT molecular complexity index is 309. The summed E-state index contributed by atoms with van der Waals surface area (Å²) in [5.74, 6) is -0.0365. The van der Waals surface area contributed by atoms with Crippen LogP contribution in [0.15, 0.2) is 30.3 Å². The fourth-order valence-electron chi connectivity index (χ4n) is 0.692. The Labute approximate surface area is 102 Å². The molecule has 0 bridgehead atoms. The Balaban J connectivity index is 0. The van der Waals surface area contributed by atoms with Crippen LogP contribution in [-0.4, -0.2) is 18.9 Å². The van der Waals surface area contributed by atoms with Gasteiger partial charge in [-0.1, -0.05) is 25.1 Å². The number of hydrogen-bond acceptors (Lipinski definition) is 3. The summed E-state index contributed by atoms with van der Waals surface area (Å²) in [5.41, 5.74) is 0.588. The zero-order chi connectivity index (χ0) is 11.7. The van der Waals surface area contributed by atoms with Crippen LogP contribution in [0.5, 0.6) is 0 Å². The number of carbonyl (C=O) groups excluding carboxylic acids is 2. The summed E-state index contributed by atoms with van der Waals surface area (Å²) < 4.78 is 4.50. The third-order valence-corrected chi connectivity index (χ3v) is 1.69.